The Labute approximate surface area is 80.2 Å². The highest BCUT2D eigenvalue weighted by molar-refractivity contribution is 7.91. The Morgan fingerprint density at radius 3 is 2.71 bits per heavy atom. The van der Waals surface area contributed by atoms with Gasteiger partial charge in [0.25, 0.3) is 5.89 Å². The maximum atomic E-state index is 11.1. The number of rotatable bonds is 2. The van der Waals surface area contributed by atoms with E-state index in [-0.39, 0.29) is 29.2 Å². The number of carbonyl (C=O) groups is 1. The van der Waals surface area contributed by atoms with Gasteiger partial charge < -0.3 is 4.42 Å². The summed E-state index contributed by atoms with van der Waals surface area (Å²) >= 11 is 0. The lowest BCUT2D eigenvalue weighted by Gasteiger charge is -1.97. The molecule has 7 heteroatoms. The van der Waals surface area contributed by atoms with Crippen LogP contribution >= 0.6 is 0 Å². The highest BCUT2D eigenvalue weighted by atomic mass is 32.2. The average molecular weight is 216 g/mol. The van der Waals surface area contributed by atoms with Crippen LogP contribution in [-0.2, 0) is 9.84 Å². The molecular formula is C7H8N2O4S. The van der Waals surface area contributed by atoms with Crippen LogP contribution in [0.4, 0.5) is 0 Å². The Bertz CT molecular complexity index is 450. The molecule has 0 aliphatic carbocycles. The van der Waals surface area contributed by atoms with Crippen molar-refractivity contribution in [2.24, 2.45) is 0 Å². The van der Waals surface area contributed by atoms with Crippen molar-refractivity contribution in [3.8, 4) is 0 Å². The molecule has 14 heavy (non-hydrogen) atoms. The summed E-state index contributed by atoms with van der Waals surface area (Å²) in [6, 6.07) is 0. The fraction of sp³-hybridized carbons (Fsp3) is 0.571. The van der Waals surface area contributed by atoms with E-state index in [1.807, 2.05) is 0 Å². The van der Waals surface area contributed by atoms with Gasteiger partial charge in [-0.1, -0.05) is 0 Å². The summed E-state index contributed by atoms with van der Waals surface area (Å²) in [6.07, 6.45) is 0.933. The van der Waals surface area contributed by atoms with E-state index >= 15 is 0 Å². The number of aldehydes is 1. The quantitative estimate of drug-likeness (QED) is 0.635. The Hall–Kier alpha value is -1.24. The number of sulfone groups is 1. The van der Waals surface area contributed by atoms with Crippen LogP contribution in [-0.4, -0.2) is 36.4 Å². The second-order valence-corrected chi connectivity index (χ2v) is 5.43. The molecule has 1 fully saturated rings. The van der Waals surface area contributed by atoms with Crippen LogP contribution in [0, 0.1) is 0 Å². The zero-order valence-electron chi connectivity index (χ0n) is 7.21. The van der Waals surface area contributed by atoms with Crippen LogP contribution in [0.2, 0.25) is 0 Å². The molecule has 6 nitrogen and oxygen atoms in total. The molecule has 2 heterocycles. The van der Waals surface area contributed by atoms with Gasteiger partial charge in [0, 0.05) is 0 Å². The third-order valence-corrected chi connectivity index (χ3v) is 3.91. The molecule has 0 saturated carbocycles. The molecule has 0 spiro atoms. The molecule has 76 valence electrons. The van der Waals surface area contributed by atoms with Crippen molar-refractivity contribution >= 4 is 16.1 Å². The molecule has 0 aromatic carbocycles. The molecule has 1 atom stereocenters. The summed E-state index contributed by atoms with van der Waals surface area (Å²) < 4.78 is 27.2. The van der Waals surface area contributed by atoms with Gasteiger partial charge in [0.15, 0.2) is 9.84 Å². The predicted molar refractivity (Wildman–Crippen MR) is 45.7 cm³/mol. The Morgan fingerprint density at radius 1 is 1.43 bits per heavy atom. The van der Waals surface area contributed by atoms with E-state index in [2.05, 4.69) is 10.2 Å². The zero-order valence-corrected chi connectivity index (χ0v) is 8.03. The predicted octanol–water partition coefficient (Wildman–Crippen LogP) is -0.216. The van der Waals surface area contributed by atoms with Crippen LogP contribution in [0.1, 0.15) is 28.9 Å². The van der Waals surface area contributed by atoms with Gasteiger partial charge in [0.1, 0.15) is 0 Å². The van der Waals surface area contributed by atoms with Gasteiger partial charge in [-0.3, -0.25) is 4.79 Å². The normalized spacial score (nSPS) is 25.0. The molecule has 0 radical (unpaired) electrons. The van der Waals surface area contributed by atoms with Crippen molar-refractivity contribution < 1.29 is 17.6 Å². The molecule has 1 unspecified atom stereocenters. The third-order valence-electron chi connectivity index (χ3n) is 2.14. The van der Waals surface area contributed by atoms with Gasteiger partial charge in [0.05, 0.1) is 17.4 Å². The maximum Gasteiger partial charge on any atom is 0.280 e. The zero-order chi connectivity index (χ0) is 10.2. The Balaban J connectivity index is 2.21. The first-order valence-corrected chi connectivity index (χ1v) is 5.92. The SMILES string of the molecule is O=Cc1nnc(C2CCS(=O)(=O)C2)o1. The summed E-state index contributed by atoms with van der Waals surface area (Å²) in [4.78, 5) is 10.2. The summed E-state index contributed by atoms with van der Waals surface area (Å²) in [7, 11) is -2.96. The molecule has 0 N–H and O–H groups in total. The van der Waals surface area contributed by atoms with E-state index in [1.165, 1.54) is 0 Å². The fourth-order valence-corrected chi connectivity index (χ4v) is 3.18. The maximum absolute atomic E-state index is 11.1. The topological polar surface area (TPSA) is 90.1 Å². The lowest BCUT2D eigenvalue weighted by Crippen LogP contribution is -2.03. The number of aromatic nitrogens is 2. The van der Waals surface area contributed by atoms with E-state index in [9.17, 15) is 13.2 Å². The van der Waals surface area contributed by atoms with E-state index in [0.717, 1.165) is 0 Å². The summed E-state index contributed by atoms with van der Waals surface area (Å²) in [5.74, 6) is 0.0721. The summed E-state index contributed by atoms with van der Waals surface area (Å²) in [5, 5.41) is 7.07. The highest BCUT2D eigenvalue weighted by Crippen LogP contribution is 2.27. The average Bonchev–Trinajstić information content (AvgIpc) is 2.70. The van der Waals surface area contributed by atoms with Gasteiger partial charge in [-0.25, -0.2) is 8.42 Å². The van der Waals surface area contributed by atoms with E-state index < -0.39 is 9.84 Å². The minimum atomic E-state index is -2.96. The van der Waals surface area contributed by atoms with Crippen LogP contribution < -0.4 is 0 Å². The number of nitrogens with zero attached hydrogens (tertiary/aromatic N) is 2. The first-order chi connectivity index (χ1) is 6.61. The molecule has 1 aliphatic heterocycles. The molecule has 0 amide bonds. The molecule has 2 rings (SSSR count). The molecule has 1 saturated heterocycles. The van der Waals surface area contributed by atoms with Crippen LogP contribution in [0.15, 0.2) is 4.42 Å². The smallest absolute Gasteiger partial charge is 0.280 e. The van der Waals surface area contributed by atoms with Crippen LogP contribution in [0.3, 0.4) is 0 Å². The van der Waals surface area contributed by atoms with E-state index in [0.29, 0.717) is 12.7 Å². The Kier molecular flexibility index (Phi) is 2.10. The highest BCUT2D eigenvalue weighted by Gasteiger charge is 2.32. The standard InChI is InChI=1S/C7H8N2O4S/c10-3-6-8-9-7(13-6)5-1-2-14(11,12)4-5/h3,5H,1-2,4H2. The minimum absolute atomic E-state index is 0.0352. The van der Waals surface area contributed by atoms with E-state index in [1.54, 1.807) is 0 Å². The lowest BCUT2D eigenvalue weighted by molar-refractivity contribution is 0.109. The van der Waals surface area contributed by atoms with Crippen LogP contribution in [0.5, 0.6) is 0 Å². The van der Waals surface area contributed by atoms with E-state index in [4.69, 9.17) is 4.42 Å². The molecule has 0 bridgehead atoms. The van der Waals surface area contributed by atoms with Crippen molar-refractivity contribution in [1.29, 1.82) is 0 Å². The molecular weight excluding hydrogens is 208 g/mol. The lowest BCUT2D eigenvalue weighted by atomic mass is 10.1. The third kappa shape index (κ3) is 1.67. The monoisotopic (exact) mass is 216 g/mol. The molecule has 1 aromatic rings. The molecule has 1 aliphatic rings. The Morgan fingerprint density at radius 2 is 2.21 bits per heavy atom. The number of carbonyl (C=O) groups excluding carboxylic acids is 1. The van der Waals surface area contributed by atoms with Gasteiger partial charge in [-0.2, -0.15) is 0 Å². The first-order valence-electron chi connectivity index (χ1n) is 4.10. The minimum Gasteiger partial charge on any atom is -0.418 e. The second kappa shape index (κ2) is 3.16. The van der Waals surface area contributed by atoms with Crippen molar-refractivity contribution in [2.75, 3.05) is 11.5 Å². The number of hydrogen-bond donors (Lipinski definition) is 0. The van der Waals surface area contributed by atoms with Crippen molar-refractivity contribution in [3.63, 3.8) is 0 Å². The summed E-state index contributed by atoms with van der Waals surface area (Å²) in [5.41, 5.74) is 0. The van der Waals surface area contributed by atoms with Crippen molar-refractivity contribution in [2.45, 2.75) is 12.3 Å². The van der Waals surface area contributed by atoms with Gasteiger partial charge >= 0.3 is 0 Å². The van der Waals surface area contributed by atoms with Gasteiger partial charge in [-0.15, -0.1) is 10.2 Å². The molecule has 1 aromatic heterocycles. The van der Waals surface area contributed by atoms with Crippen LogP contribution in [0.25, 0.3) is 0 Å². The van der Waals surface area contributed by atoms with Crippen molar-refractivity contribution in [3.05, 3.63) is 11.8 Å². The van der Waals surface area contributed by atoms with Gasteiger partial charge in [-0.05, 0) is 6.42 Å². The van der Waals surface area contributed by atoms with Crippen molar-refractivity contribution in [1.82, 2.24) is 10.2 Å². The first kappa shape index (κ1) is 9.32. The number of hydrogen-bond acceptors (Lipinski definition) is 6. The second-order valence-electron chi connectivity index (χ2n) is 3.20. The fourth-order valence-electron chi connectivity index (χ4n) is 1.45. The largest absolute Gasteiger partial charge is 0.418 e. The summed E-state index contributed by atoms with van der Waals surface area (Å²) in [6.45, 7) is 0. The van der Waals surface area contributed by atoms with Gasteiger partial charge in [0.2, 0.25) is 12.2 Å².